The van der Waals surface area contributed by atoms with Crippen molar-refractivity contribution in [3.8, 4) is 17.2 Å². The Hall–Kier alpha value is -0.900. The van der Waals surface area contributed by atoms with Crippen molar-refractivity contribution in [3.05, 3.63) is 16.1 Å². The average molecular weight is 247 g/mol. The lowest BCUT2D eigenvalue weighted by molar-refractivity contribution is 0.359. The molecule has 1 aromatic rings. The van der Waals surface area contributed by atoms with Crippen LogP contribution in [0.5, 0.6) is 17.2 Å². The lowest BCUT2D eigenvalue weighted by Gasteiger charge is -2.12. The van der Waals surface area contributed by atoms with E-state index in [0.29, 0.717) is 16.0 Å². The van der Waals surface area contributed by atoms with E-state index in [-0.39, 0.29) is 5.75 Å². The molecular weight excluding hydrogens is 236 g/mol. The zero-order valence-corrected chi connectivity index (χ0v) is 9.31. The highest BCUT2D eigenvalue weighted by atomic mass is 79.9. The Balaban J connectivity index is 3.39. The van der Waals surface area contributed by atoms with Crippen LogP contribution in [-0.2, 0) is 0 Å². The minimum atomic E-state index is 0.104. The van der Waals surface area contributed by atoms with Crippen LogP contribution in [0, 0.1) is 6.92 Å². The van der Waals surface area contributed by atoms with Gasteiger partial charge in [-0.3, -0.25) is 0 Å². The van der Waals surface area contributed by atoms with E-state index in [1.165, 1.54) is 7.11 Å². The molecule has 0 spiro atoms. The molecule has 3 nitrogen and oxygen atoms in total. The smallest absolute Gasteiger partial charge is 0.178 e. The van der Waals surface area contributed by atoms with E-state index in [1.807, 2.05) is 6.92 Å². The van der Waals surface area contributed by atoms with Crippen LogP contribution in [0.3, 0.4) is 0 Å². The normalized spacial score (nSPS) is 9.85. The zero-order chi connectivity index (χ0) is 10.0. The van der Waals surface area contributed by atoms with Crippen LogP contribution in [0.25, 0.3) is 0 Å². The molecule has 0 bridgehead atoms. The summed E-state index contributed by atoms with van der Waals surface area (Å²) in [5, 5.41) is 9.48. The highest BCUT2D eigenvalue weighted by Gasteiger charge is 2.14. The molecule has 13 heavy (non-hydrogen) atoms. The number of benzene rings is 1. The van der Waals surface area contributed by atoms with E-state index in [4.69, 9.17) is 9.47 Å². The molecule has 0 saturated carbocycles. The lowest BCUT2D eigenvalue weighted by atomic mass is 10.2. The highest BCUT2D eigenvalue weighted by molar-refractivity contribution is 9.10. The molecule has 1 aromatic carbocycles. The Bertz CT molecular complexity index is 295. The van der Waals surface area contributed by atoms with Gasteiger partial charge in [-0.2, -0.15) is 0 Å². The van der Waals surface area contributed by atoms with Gasteiger partial charge in [0.05, 0.1) is 14.2 Å². The molecule has 0 amide bonds. The standard InChI is InChI=1S/C9H11BrO3/c1-5-4-6(11)9(13-3)7(10)8(5)12-2/h4,11H,1-3H3. The number of methoxy groups -OCH3 is 2. The van der Waals surface area contributed by atoms with Gasteiger partial charge in [-0.05, 0) is 34.5 Å². The number of aromatic hydroxyl groups is 1. The van der Waals surface area contributed by atoms with Crippen molar-refractivity contribution in [2.24, 2.45) is 0 Å². The molecule has 0 radical (unpaired) electrons. The monoisotopic (exact) mass is 246 g/mol. The number of phenolic OH excluding ortho intramolecular Hbond substituents is 1. The van der Waals surface area contributed by atoms with Gasteiger partial charge < -0.3 is 14.6 Å². The van der Waals surface area contributed by atoms with Gasteiger partial charge in [-0.1, -0.05) is 0 Å². The van der Waals surface area contributed by atoms with Gasteiger partial charge in [0.2, 0.25) is 0 Å². The van der Waals surface area contributed by atoms with Gasteiger partial charge in [-0.15, -0.1) is 0 Å². The molecule has 0 atom stereocenters. The number of phenols is 1. The van der Waals surface area contributed by atoms with Gasteiger partial charge in [0.25, 0.3) is 0 Å². The Morgan fingerprint density at radius 3 is 2.23 bits per heavy atom. The summed E-state index contributed by atoms with van der Waals surface area (Å²) in [7, 11) is 3.07. The maximum atomic E-state index is 9.48. The molecule has 1 N–H and O–H groups in total. The minimum Gasteiger partial charge on any atom is -0.504 e. The van der Waals surface area contributed by atoms with Crippen molar-refractivity contribution in [3.63, 3.8) is 0 Å². The first kappa shape index (κ1) is 10.2. The Morgan fingerprint density at radius 2 is 1.77 bits per heavy atom. The molecule has 0 unspecified atom stereocenters. The first-order valence-corrected chi connectivity index (χ1v) is 4.51. The summed E-state index contributed by atoms with van der Waals surface area (Å²) in [6, 6.07) is 1.60. The molecule has 1 rings (SSSR count). The second-order valence-corrected chi connectivity index (χ2v) is 3.39. The molecule has 0 aliphatic rings. The van der Waals surface area contributed by atoms with Crippen molar-refractivity contribution in [2.75, 3.05) is 14.2 Å². The maximum Gasteiger partial charge on any atom is 0.178 e. The summed E-state index contributed by atoms with van der Waals surface area (Å²) in [4.78, 5) is 0. The van der Waals surface area contributed by atoms with E-state index in [1.54, 1.807) is 13.2 Å². The van der Waals surface area contributed by atoms with E-state index >= 15 is 0 Å². The van der Waals surface area contributed by atoms with E-state index < -0.39 is 0 Å². The zero-order valence-electron chi connectivity index (χ0n) is 7.72. The van der Waals surface area contributed by atoms with Gasteiger partial charge >= 0.3 is 0 Å². The summed E-state index contributed by atoms with van der Waals surface area (Å²) in [6.45, 7) is 1.85. The van der Waals surface area contributed by atoms with Crippen LogP contribution in [0.1, 0.15) is 5.56 Å². The first-order chi connectivity index (χ1) is 6.11. The molecule has 72 valence electrons. The Labute approximate surface area is 85.4 Å². The average Bonchev–Trinajstić information content (AvgIpc) is 2.04. The number of aryl methyl sites for hydroxylation is 1. The predicted molar refractivity (Wildman–Crippen MR) is 53.6 cm³/mol. The second kappa shape index (κ2) is 3.87. The summed E-state index contributed by atoms with van der Waals surface area (Å²) in [5.41, 5.74) is 0.854. The van der Waals surface area contributed by atoms with Crippen molar-refractivity contribution in [1.82, 2.24) is 0 Å². The Morgan fingerprint density at radius 1 is 1.23 bits per heavy atom. The number of hydrogen-bond donors (Lipinski definition) is 1. The van der Waals surface area contributed by atoms with Gasteiger partial charge in [0.15, 0.2) is 11.5 Å². The summed E-state index contributed by atoms with van der Waals surface area (Å²) in [5.74, 6) is 1.17. The highest BCUT2D eigenvalue weighted by Crippen LogP contribution is 2.43. The molecule has 4 heteroatoms. The number of hydrogen-bond acceptors (Lipinski definition) is 3. The van der Waals surface area contributed by atoms with Crippen LogP contribution in [0.2, 0.25) is 0 Å². The fraction of sp³-hybridized carbons (Fsp3) is 0.333. The van der Waals surface area contributed by atoms with Gasteiger partial charge in [0, 0.05) is 0 Å². The molecule has 0 aliphatic carbocycles. The predicted octanol–water partition coefficient (Wildman–Crippen LogP) is 2.48. The number of ether oxygens (including phenoxy) is 2. The van der Waals surface area contributed by atoms with Crippen LogP contribution in [0.4, 0.5) is 0 Å². The van der Waals surface area contributed by atoms with Gasteiger partial charge in [0.1, 0.15) is 10.2 Å². The van der Waals surface area contributed by atoms with Crippen molar-refractivity contribution >= 4 is 15.9 Å². The third kappa shape index (κ3) is 1.72. The van der Waals surface area contributed by atoms with Crippen molar-refractivity contribution in [1.29, 1.82) is 0 Å². The van der Waals surface area contributed by atoms with Crippen LogP contribution in [0.15, 0.2) is 10.5 Å². The summed E-state index contributed by atoms with van der Waals surface area (Å²) < 4.78 is 10.8. The molecule has 0 heterocycles. The minimum absolute atomic E-state index is 0.104. The van der Waals surface area contributed by atoms with E-state index in [0.717, 1.165) is 5.56 Å². The Kier molecular flexibility index (Phi) is 3.03. The first-order valence-electron chi connectivity index (χ1n) is 3.71. The van der Waals surface area contributed by atoms with Crippen molar-refractivity contribution < 1.29 is 14.6 Å². The number of halogens is 1. The maximum absolute atomic E-state index is 9.48. The van der Waals surface area contributed by atoms with Gasteiger partial charge in [-0.25, -0.2) is 0 Å². The van der Waals surface area contributed by atoms with E-state index in [2.05, 4.69) is 15.9 Å². The molecule has 0 aliphatic heterocycles. The SMILES string of the molecule is COc1c(C)cc(O)c(OC)c1Br. The summed E-state index contributed by atoms with van der Waals surface area (Å²) >= 11 is 3.29. The fourth-order valence-electron chi connectivity index (χ4n) is 1.17. The topological polar surface area (TPSA) is 38.7 Å². The second-order valence-electron chi connectivity index (χ2n) is 2.59. The lowest BCUT2D eigenvalue weighted by Crippen LogP contribution is -1.92. The molecule has 0 fully saturated rings. The fourth-order valence-corrected chi connectivity index (χ4v) is 2.01. The molecular formula is C9H11BrO3. The largest absolute Gasteiger partial charge is 0.504 e. The molecule has 0 aromatic heterocycles. The van der Waals surface area contributed by atoms with E-state index in [9.17, 15) is 5.11 Å². The third-order valence-corrected chi connectivity index (χ3v) is 2.47. The summed E-state index contributed by atoms with van der Waals surface area (Å²) in [6.07, 6.45) is 0. The van der Waals surface area contributed by atoms with Crippen LogP contribution >= 0.6 is 15.9 Å². The number of rotatable bonds is 2. The van der Waals surface area contributed by atoms with Crippen LogP contribution < -0.4 is 9.47 Å². The molecule has 0 saturated heterocycles. The van der Waals surface area contributed by atoms with Crippen molar-refractivity contribution in [2.45, 2.75) is 6.92 Å². The van der Waals surface area contributed by atoms with Crippen LogP contribution in [-0.4, -0.2) is 19.3 Å². The third-order valence-electron chi connectivity index (χ3n) is 1.75. The quantitative estimate of drug-likeness (QED) is 0.872.